The Hall–Kier alpha value is -1.91. The topological polar surface area (TPSA) is 73.8 Å². The zero-order valence-corrected chi connectivity index (χ0v) is 7.98. The van der Waals surface area contributed by atoms with Gasteiger partial charge in [-0.25, -0.2) is 9.97 Å². The summed E-state index contributed by atoms with van der Waals surface area (Å²) in [5.74, 6) is 0.972. The van der Waals surface area contributed by atoms with Crippen LogP contribution in [0.5, 0.6) is 0 Å². The first-order valence-electron chi connectivity index (χ1n) is 4.19. The highest BCUT2D eigenvalue weighted by Gasteiger charge is 2.05. The third kappa shape index (κ3) is 1.14. The second-order valence-electron chi connectivity index (χ2n) is 3.12. The van der Waals surface area contributed by atoms with E-state index < -0.39 is 0 Å². The summed E-state index contributed by atoms with van der Waals surface area (Å²) in [5, 5.41) is 0.706. The lowest BCUT2D eigenvalue weighted by atomic mass is 10.3. The summed E-state index contributed by atoms with van der Waals surface area (Å²) < 4.78 is 1.46. The molecule has 0 aliphatic carbocycles. The lowest BCUT2D eigenvalue weighted by molar-refractivity contribution is 0.876. The van der Waals surface area contributed by atoms with E-state index in [0.29, 0.717) is 22.7 Å². The maximum absolute atomic E-state index is 11.3. The fourth-order valence-electron chi connectivity index (χ4n) is 1.37. The minimum Gasteiger partial charge on any atom is -0.383 e. The predicted octanol–water partition coefficient (Wildman–Crippen LogP) is 0.219. The second-order valence-corrected chi connectivity index (χ2v) is 3.12. The van der Waals surface area contributed by atoms with Crippen molar-refractivity contribution in [2.75, 3.05) is 5.73 Å². The van der Waals surface area contributed by atoms with Crippen LogP contribution < -0.4 is 11.3 Å². The van der Waals surface area contributed by atoms with E-state index in [1.807, 2.05) is 0 Å². The number of fused-ring (bicyclic) bond motifs is 1. The Morgan fingerprint density at radius 1 is 1.36 bits per heavy atom. The Kier molecular flexibility index (Phi) is 1.73. The molecule has 0 spiro atoms. The molecule has 0 fully saturated rings. The summed E-state index contributed by atoms with van der Waals surface area (Å²) in [6.07, 6.45) is 0. The van der Waals surface area contributed by atoms with Gasteiger partial charge in [-0.1, -0.05) is 0 Å². The van der Waals surface area contributed by atoms with E-state index in [2.05, 4.69) is 9.97 Å². The second kappa shape index (κ2) is 2.80. The summed E-state index contributed by atoms with van der Waals surface area (Å²) >= 11 is 0. The minimum absolute atomic E-state index is 0.102. The van der Waals surface area contributed by atoms with Crippen LogP contribution in [-0.4, -0.2) is 14.5 Å². The molecule has 2 heterocycles. The molecule has 0 saturated heterocycles. The normalized spacial score (nSPS) is 10.7. The first kappa shape index (κ1) is 8.68. The predicted molar refractivity (Wildman–Crippen MR) is 53.9 cm³/mol. The largest absolute Gasteiger partial charge is 0.383 e. The van der Waals surface area contributed by atoms with Gasteiger partial charge in [-0.15, -0.1) is 0 Å². The lowest BCUT2D eigenvalue weighted by Crippen LogP contribution is -2.17. The zero-order valence-electron chi connectivity index (χ0n) is 7.98. The van der Waals surface area contributed by atoms with Crippen molar-refractivity contribution in [1.82, 2.24) is 14.5 Å². The first-order valence-corrected chi connectivity index (χ1v) is 4.19. The average molecular weight is 190 g/mol. The van der Waals surface area contributed by atoms with Crippen molar-refractivity contribution in [2.24, 2.45) is 7.05 Å². The van der Waals surface area contributed by atoms with Gasteiger partial charge in [-0.3, -0.25) is 9.36 Å². The Morgan fingerprint density at radius 2 is 2.07 bits per heavy atom. The third-order valence-electron chi connectivity index (χ3n) is 2.11. The molecule has 2 aromatic heterocycles. The Labute approximate surface area is 80.2 Å². The van der Waals surface area contributed by atoms with Gasteiger partial charge in [0.05, 0.1) is 5.39 Å². The molecule has 0 atom stereocenters. The number of aryl methyl sites for hydroxylation is 2. The number of nitrogens with zero attached hydrogens (tertiary/aromatic N) is 3. The number of pyridine rings is 1. The van der Waals surface area contributed by atoms with Crippen LogP contribution in [-0.2, 0) is 7.05 Å². The van der Waals surface area contributed by atoms with Crippen LogP contribution in [0.15, 0.2) is 16.9 Å². The fourth-order valence-corrected chi connectivity index (χ4v) is 1.37. The van der Waals surface area contributed by atoms with Crippen molar-refractivity contribution < 1.29 is 0 Å². The minimum atomic E-state index is -0.102. The van der Waals surface area contributed by atoms with Gasteiger partial charge in [-0.2, -0.15) is 0 Å². The van der Waals surface area contributed by atoms with Gasteiger partial charge in [0.25, 0.3) is 5.56 Å². The SMILES string of the molecule is Cc1nc(N)c2ccc(=O)n(C)c2n1. The van der Waals surface area contributed by atoms with Crippen molar-refractivity contribution in [3.63, 3.8) is 0 Å². The molecule has 14 heavy (non-hydrogen) atoms. The molecule has 0 unspecified atom stereocenters. The maximum atomic E-state index is 11.3. The average Bonchev–Trinajstić information content (AvgIpc) is 2.12. The van der Waals surface area contributed by atoms with Crippen LogP contribution in [0.1, 0.15) is 5.82 Å². The number of hydrogen-bond acceptors (Lipinski definition) is 4. The monoisotopic (exact) mass is 190 g/mol. The smallest absolute Gasteiger partial charge is 0.251 e. The number of aromatic nitrogens is 3. The Bertz CT molecular complexity index is 558. The van der Waals surface area contributed by atoms with Crippen LogP contribution in [0.3, 0.4) is 0 Å². The summed E-state index contributed by atoms with van der Waals surface area (Å²) in [7, 11) is 1.66. The van der Waals surface area contributed by atoms with Crippen LogP contribution in [0.25, 0.3) is 11.0 Å². The molecule has 0 amide bonds. The Balaban J connectivity index is 3.02. The molecule has 2 N–H and O–H groups in total. The van der Waals surface area contributed by atoms with E-state index in [4.69, 9.17) is 5.73 Å². The standard InChI is InChI=1S/C9H10N4O/c1-5-11-8(10)6-3-4-7(14)13(2)9(6)12-5/h3-4H,1-2H3,(H2,10,11,12). The van der Waals surface area contributed by atoms with E-state index in [1.54, 1.807) is 20.0 Å². The summed E-state index contributed by atoms with van der Waals surface area (Å²) in [6.45, 7) is 1.74. The van der Waals surface area contributed by atoms with Gasteiger partial charge < -0.3 is 5.73 Å². The number of nitrogen functional groups attached to an aromatic ring is 1. The molecule has 5 nitrogen and oxygen atoms in total. The van der Waals surface area contributed by atoms with Crippen LogP contribution in [0.4, 0.5) is 5.82 Å². The van der Waals surface area contributed by atoms with Crippen LogP contribution >= 0.6 is 0 Å². The van der Waals surface area contributed by atoms with E-state index >= 15 is 0 Å². The number of hydrogen-bond donors (Lipinski definition) is 1. The highest BCUT2D eigenvalue weighted by atomic mass is 16.1. The number of anilines is 1. The molecular weight excluding hydrogens is 180 g/mol. The van der Waals surface area contributed by atoms with Crippen molar-refractivity contribution in [2.45, 2.75) is 6.92 Å². The molecule has 0 radical (unpaired) electrons. The van der Waals surface area contributed by atoms with E-state index in [1.165, 1.54) is 10.6 Å². The molecule has 0 aliphatic rings. The van der Waals surface area contributed by atoms with E-state index in [-0.39, 0.29) is 5.56 Å². The van der Waals surface area contributed by atoms with Crippen molar-refractivity contribution in [1.29, 1.82) is 0 Å². The fraction of sp³-hybridized carbons (Fsp3) is 0.222. The molecule has 72 valence electrons. The molecule has 2 rings (SSSR count). The maximum Gasteiger partial charge on any atom is 0.251 e. The zero-order chi connectivity index (χ0) is 10.3. The van der Waals surface area contributed by atoms with Crippen molar-refractivity contribution >= 4 is 16.9 Å². The van der Waals surface area contributed by atoms with Crippen molar-refractivity contribution in [3.8, 4) is 0 Å². The van der Waals surface area contributed by atoms with Gasteiger partial charge in [-0.05, 0) is 13.0 Å². The number of nitrogens with two attached hydrogens (primary N) is 1. The molecular formula is C9H10N4O. The third-order valence-corrected chi connectivity index (χ3v) is 2.11. The Morgan fingerprint density at radius 3 is 2.79 bits per heavy atom. The van der Waals surface area contributed by atoms with Gasteiger partial charge in [0.1, 0.15) is 17.3 Å². The summed E-state index contributed by atoms with van der Waals surface area (Å²) in [5.41, 5.74) is 6.18. The molecule has 0 aliphatic heterocycles. The van der Waals surface area contributed by atoms with Gasteiger partial charge >= 0.3 is 0 Å². The summed E-state index contributed by atoms with van der Waals surface area (Å²) in [4.78, 5) is 19.5. The molecule has 0 aromatic carbocycles. The quantitative estimate of drug-likeness (QED) is 0.644. The van der Waals surface area contributed by atoms with Crippen LogP contribution in [0.2, 0.25) is 0 Å². The highest BCUT2D eigenvalue weighted by Crippen LogP contribution is 2.14. The molecule has 0 saturated carbocycles. The molecule has 2 aromatic rings. The first-order chi connectivity index (χ1) is 6.59. The van der Waals surface area contributed by atoms with Gasteiger partial charge in [0.15, 0.2) is 0 Å². The van der Waals surface area contributed by atoms with Gasteiger partial charge in [0, 0.05) is 13.1 Å². The lowest BCUT2D eigenvalue weighted by Gasteiger charge is -2.05. The van der Waals surface area contributed by atoms with E-state index in [9.17, 15) is 4.79 Å². The highest BCUT2D eigenvalue weighted by molar-refractivity contribution is 5.85. The van der Waals surface area contributed by atoms with E-state index in [0.717, 1.165) is 0 Å². The molecule has 0 bridgehead atoms. The van der Waals surface area contributed by atoms with Gasteiger partial charge in [0.2, 0.25) is 0 Å². The van der Waals surface area contributed by atoms with Crippen LogP contribution in [0, 0.1) is 6.92 Å². The molecule has 5 heteroatoms. The number of rotatable bonds is 0. The summed E-state index contributed by atoms with van der Waals surface area (Å²) in [6, 6.07) is 3.10. The van der Waals surface area contributed by atoms with Crippen molar-refractivity contribution in [3.05, 3.63) is 28.3 Å².